The SMILES string of the molecule is CSc1cccc(OCc2ccc(CN(C)C)cc2)c1. The van der Waals surface area contributed by atoms with Crippen LogP contribution in [-0.4, -0.2) is 25.3 Å². The number of rotatable bonds is 6. The summed E-state index contributed by atoms with van der Waals surface area (Å²) in [5, 5.41) is 0. The van der Waals surface area contributed by atoms with Gasteiger partial charge in [-0.15, -0.1) is 11.8 Å². The summed E-state index contributed by atoms with van der Waals surface area (Å²) in [6, 6.07) is 16.8. The fraction of sp³-hybridized carbons (Fsp3) is 0.294. The second-order valence-electron chi connectivity index (χ2n) is 5.02. The zero-order chi connectivity index (χ0) is 14.4. The molecule has 2 rings (SSSR count). The third kappa shape index (κ3) is 4.58. The van der Waals surface area contributed by atoms with Crippen molar-refractivity contribution >= 4 is 11.8 Å². The highest BCUT2D eigenvalue weighted by atomic mass is 32.2. The van der Waals surface area contributed by atoms with Crippen LogP contribution in [0.15, 0.2) is 53.4 Å². The largest absolute Gasteiger partial charge is 0.489 e. The Morgan fingerprint density at radius 2 is 1.70 bits per heavy atom. The summed E-state index contributed by atoms with van der Waals surface area (Å²) < 4.78 is 5.83. The number of thioether (sulfide) groups is 1. The van der Waals surface area contributed by atoms with Crippen molar-refractivity contribution in [2.45, 2.75) is 18.0 Å². The first-order valence-electron chi connectivity index (χ1n) is 6.67. The first kappa shape index (κ1) is 14.9. The van der Waals surface area contributed by atoms with Crippen LogP contribution < -0.4 is 4.74 Å². The van der Waals surface area contributed by atoms with E-state index in [-0.39, 0.29) is 0 Å². The molecule has 20 heavy (non-hydrogen) atoms. The van der Waals surface area contributed by atoms with Crippen molar-refractivity contribution in [3.8, 4) is 5.75 Å². The molecular weight excluding hydrogens is 266 g/mol. The van der Waals surface area contributed by atoms with Gasteiger partial charge in [-0.25, -0.2) is 0 Å². The van der Waals surface area contributed by atoms with Gasteiger partial charge in [0.25, 0.3) is 0 Å². The molecule has 0 amide bonds. The van der Waals surface area contributed by atoms with E-state index in [4.69, 9.17) is 4.74 Å². The first-order chi connectivity index (χ1) is 9.67. The maximum atomic E-state index is 5.83. The van der Waals surface area contributed by atoms with Crippen molar-refractivity contribution in [3.63, 3.8) is 0 Å². The maximum absolute atomic E-state index is 5.83. The lowest BCUT2D eigenvalue weighted by atomic mass is 10.1. The van der Waals surface area contributed by atoms with E-state index in [1.807, 2.05) is 12.1 Å². The predicted molar refractivity (Wildman–Crippen MR) is 86.4 cm³/mol. The van der Waals surface area contributed by atoms with Crippen LogP contribution in [0.25, 0.3) is 0 Å². The van der Waals surface area contributed by atoms with Gasteiger partial charge >= 0.3 is 0 Å². The normalized spacial score (nSPS) is 10.8. The van der Waals surface area contributed by atoms with Gasteiger partial charge in [-0.05, 0) is 49.7 Å². The Bertz CT molecular complexity index is 537. The number of hydrogen-bond acceptors (Lipinski definition) is 3. The minimum atomic E-state index is 0.611. The van der Waals surface area contributed by atoms with Gasteiger partial charge in [0, 0.05) is 11.4 Å². The maximum Gasteiger partial charge on any atom is 0.120 e. The monoisotopic (exact) mass is 287 g/mol. The Hall–Kier alpha value is -1.45. The lowest BCUT2D eigenvalue weighted by Gasteiger charge is -2.11. The Labute approximate surface area is 125 Å². The molecule has 0 aliphatic heterocycles. The smallest absolute Gasteiger partial charge is 0.120 e. The molecule has 0 spiro atoms. The second-order valence-corrected chi connectivity index (χ2v) is 5.90. The highest BCUT2D eigenvalue weighted by molar-refractivity contribution is 7.98. The van der Waals surface area contributed by atoms with Crippen LogP contribution in [0.3, 0.4) is 0 Å². The third-order valence-electron chi connectivity index (χ3n) is 2.97. The van der Waals surface area contributed by atoms with Gasteiger partial charge in [-0.3, -0.25) is 0 Å². The molecule has 0 N–H and O–H groups in total. The molecule has 3 heteroatoms. The Morgan fingerprint density at radius 1 is 1.00 bits per heavy atom. The molecule has 2 aromatic carbocycles. The van der Waals surface area contributed by atoms with E-state index in [0.717, 1.165) is 12.3 Å². The quantitative estimate of drug-likeness (QED) is 0.744. The molecule has 0 aliphatic carbocycles. The van der Waals surface area contributed by atoms with E-state index >= 15 is 0 Å². The van der Waals surface area contributed by atoms with Crippen molar-refractivity contribution < 1.29 is 4.74 Å². The van der Waals surface area contributed by atoms with Crippen molar-refractivity contribution in [1.29, 1.82) is 0 Å². The zero-order valence-electron chi connectivity index (χ0n) is 12.3. The van der Waals surface area contributed by atoms with Gasteiger partial charge in [-0.2, -0.15) is 0 Å². The van der Waals surface area contributed by atoms with Gasteiger partial charge < -0.3 is 9.64 Å². The van der Waals surface area contributed by atoms with Crippen LogP contribution in [0.1, 0.15) is 11.1 Å². The Balaban J connectivity index is 1.93. The fourth-order valence-corrected chi connectivity index (χ4v) is 2.41. The molecule has 0 bridgehead atoms. The second kappa shape index (κ2) is 7.36. The van der Waals surface area contributed by atoms with Crippen LogP contribution in [-0.2, 0) is 13.2 Å². The molecule has 2 aromatic rings. The van der Waals surface area contributed by atoms with E-state index in [0.29, 0.717) is 6.61 Å². The number of benzene rings is 2. The summed E-state index contributed by atoms with van der Waals surface area (Å²) >= 11 is 1.73. The molecule has 0 aromatic heterocycles. The van der Waals surface area contributed by atoms with Crippen LogP contribution in [0.2, 0.25) is 0 Å². The molecule has 0 atom stereocenters. The number of ether oxygens (including phenoxy) is 1. The number of hydrogen-bond donors (Lipinski definition) is 0. The lowest BCUT2D eigenvalue weighted by Crippen LogP contribution is -2.10. The van der Waals surface area contributed by atoms with Gasteiger partial charge in [0.15, 0.2) is 0 Å². The highest BCUT2D eigenvalue weighted by Gasteiger charge is 1.99. The van der Waals surface area contributed by atoms with Crippen LogP contribution >= 0.6 is 11.8 Å². The zero-order valence-corrected chi connectivity index (χ0v) is 13.1. The van der Waals surface area contributed by atoms with E-state index in [1.165, 1.54) is 16.0 Å². The standard InChI is InChI=1S/C17H21NOS/c1-18(2)12-14-7-9-15(10-8-14)13-19-16-5-4-6-17(11-16)20-3/h4-11H,12-13H2,1-3H3. The van der Waals surface area contributed by atoms with E-state index in [2.05, 4.69) is 61.6 Å². The highest BCUT2D eigenvalue weighted by Crippen LogP contribution is 2.21. The molecule has 2 nitrogen and oxygen atoms in total. The average molecular weight is 287 g/mol. The van der Waals surface area contributed by atoms with Gasteiger partial charge in [0.1, 0.15) is 12.4 Å². The van der Waals surface area contributed by atoms with Gasteiger partial charge in [-0.1, -0.05) is 30.3 Å². The molecule has 0 saturated carbocycles. The summed E-state index contributed by atoms with van der Waals surface area (Å²) in [7, 11) is 4.16. The molecule has 0 fully saturated rings. The molecule has 0 radical (unpaired) electrons. The molecule has 0 unspecified atom stereocenters. The molecule has 0 heterocycles. The van der Waals surface area contributed by atoms with Crippen molar-refractivity contribution in [1.82, 2.24) is 4.90 Å². The Morgan fingerprint density at radius 3 is 2.35 bits per heavy atom. The van der Waals surface area contributed by atoms with Gasteiger partial charge in [0.05, 0.1) is 0 Å². The van der Waals surface area contributed by atoms with Crippen LogP contribution in [0, 0.1) is 0 Å². The summed E-state index contributed by atoms with van der Waals surface area (Å²) in [4.78, 5) is 3.39. The molecular formula is C17H21NOS. The van der Waals surface area contributed by atoms with Crippen LogP contribution in [0.4, 0.5) is 0 Å². The predicted octanol–water partition coefficient (Wildman–Crippen LogP) is 4.05. The molecule has 0 aliphatic rings. The van der Waals surface area contributed by atoms with Crippen molar-refractivity contribution in [2.24, 2.45) is 0 Å². The van der Waals surface area contributed by atoms with E-state index < -0.39 is 0 Å². The van der Waals surface area contributed by atoms with Crippen molar-refractivity contribution in [2.75, 3.05) is 20.4 Å². The van der Waals surface area contributed by atoms with Gasteiger partial charge in [0.2, 0.25) is 0 Å². The first-order valence-corrected chi connectivity index (χ1v) is 7.89. The van der Waals surface area contributed by atoms with Crippen LogP contribution in [0.5, 0.6) is 5.75 Å². The minimum Gasteiger partial charge on any atom is -0.489 e. The molecule has 106 valence electrons. The van der Waals surface area contributed by atoms with E-state index in [1.54, 1.807) is 11.8 Å². The summed E-state index contributed by atoms with van der Waals surface area (Å²) in [6.07, 6.45) is 2.07. The van der Waals surface area contributed by atoms with Crippen molar-refractivity contribution in [3.05, 3.63) is 59.7 Å². The summed E-state index contributed by atoms with van der Waals surface area (Å²) in [6.45, 7) is 1.58. The third-order valence-corrected chi connectivity index (χ3v) is 3.69. The summed E-state index contributed by atoms with van der Waals surface area (Å²) in [5.74, 6) is 0.925. The number of nitrogens with zero attached hydrogens (tertiary/aromatic N) is 1. The van der Waals surface area contributed by atoms with E-state index in [9.17, 15) is 0 Å². The average Bonchev–Trinajstić information content (AvgIpc) is 2.46. The lowest BCUT2D eigenvalue weighted by molar-refractivity contribution is 0.305. The summed E-state index contributed by atoms with van der Waals surface area (Å²) in [5.41, 5.74) is 2.52. The fourth-order valence-electron chi connectivity index (χ4n) is 1.96. The molecule has 0 saturated heterocycles. The minimum absolute atomic E-state index is 0.611. The topological polar surface area (TPSA) is 12.5 Å². The Kier molecular flexibility index (Phi) is 5.50.